The molecule has 0 spiro atoms. The zero-order chi connectivity index (χ0) is 12.8. The number of nitrogens with zero attached hydrogens (tertiary/aromatic N) is 1. The number of ether oxygens (including phenoxy) is 1. The highest BCUT2D eigenvalue weighted by atomic mass is 32.1. The Labute approximate surface area is 107 Å². The van der Waals surface area contributed by atoms with Crippen molar-refractivity contribution in [2.75, 3.05) is 13.7 Å². The van der Waals surface area contributed by atoms with Crippen molar-refractivity contribution >= 4 is 17.3 Å². The summed E-state index contributed by atoms with van der Waals surface area (Å²) in [5.41, 5.74) is 0. The van der Waals surface area contributed by atoms with Crippen LogP contribution in [0.25, 0.3) is 0 Å². The fraction of sp³-hybridized carbons (Fsp3) is 0.615. The predicted octanol–water partition coefficient (Wildman–Crippen LogP) is 3.08. The minimum absolute atomic E-state index is 0.120. The fourth-order valence-corrected chi connectivity index (χ4v) is 2.55. The van der Waals surface area contributed by atoms with Gasteiger partial charge in [-0.25, -0.2) is 0 Å². The van der Waals surface area contributed by atoms with E-state index >= 15 is 0 Å². The maximum Gasteiger partial charge on any atom is 0.307 e. The minimum atomic E-state index is -0.120. The molecular formula is C13H21NO2S. The molecule has 0 amide bonds. The first-order valence-corrected chi connectivity index (χ1v) is 6.85. The summed E-state index contributed by atoms with van der Waals surface area (Å²) in [7, 11) is 2.05. The van der Waals surface area contributed by atoms with E-state index in [4.69, 9.17) is 4.74 Å². The van der Waals surface area contributed by atoms with Crippen molar-refractivity contribution in [3.05, 3.63) is 22.4 Å². The molecule has 0 radical (unpaired) electrons. The molecule has 2 unspecified atom stereocenters. The van der Waals surface area contributed by atoms with Gasteiger partial charge in [0.1, 0.15) is 0 Å². The second-order valence-electron chi connectivity index (χ2n) is 4.22. The molecule has 1 rings (SSSR count). The second kappa shape index (κ2) is 6.77. The van der Waals surface area contributed by atoms with Crippen LogP contribution in [0, 0.1) is 0 Å². The summed E-state index contributed by atoms with van der Waals surface area (Å²) >= 11 is 1.75. The van der Waals surface area contributed by atoms with Crippen molar-refractivity contribution in [3.8, 4) is 0 Å². The summed E-state index contributed by atoms with van der Waals surface area (Å²) in [6, 6.07) is 4.70. The monoisotopic (exact) mass is 255 g/mol. The van der Waals surface area contributed by atoms with Crippen molar-refractivity contribution in [1.82, 2.24) is 4.90 Å². The predicted molar refractivity (Wildman–Crippen MR) is 71.2 cm³/mol. The van der Waals surface area contributed by atoms with Gasteiger partial charge in [-0.2, -0.15) is 0 Å². The smallest absolute Gasteiger partial charge is 0.307 e. The number of thiophene rings is 1. The van der Waals surface area contributed by atoms with E-state index in [-0.39, 0.29) is 12.0 Å². The van der Waals surface area contributed by atoms with Gasteiger partial charge < -0.3 is 4.74 Å². The number of carbonyl (C=O) groups excluding carboxylic acids is 1. The molecule has 1 aromatic rings. The van der Waals surface area contributed by atoms with Crippen molar-refractivity contribution < 1.29 is 9.53 Å². The van der Waals surface area contributed by atoms with E-state index in [9.17, 15) is 4.79 Å². The molecule has 4 heteroatoms. The highest BCUT2D eigenvalue weighted by molar-refractivity contribution is 7.10. The second-order valence-corrected chi connectivity index (χ2v) is 5.19. The molecule has 0 bridgehead atoms. The molecule has 17 heavy (non-hydrogen) atoms. The molecule has 96 valence electrons. The van der Waals surface area contributed by atoms with E-state index in [0.29, 0.717) is 19.1 Å². The average molecular weight is 255 g/mol. The van der Waals surface area contributed by atoms with Crippen LogP contribution in [0.3, 0.4) is 0 Å². The van der Waals surface area contributed by atoms with Crippen LogP contribution < -0.4 is 0 Å². The Bertz CT molecular complexity index is 337. The molecule has 2 atom stereocenters. The summed E-state index contributed by atoms with van der Waals surface area (Å²) in [6.45, 7) is 6.50. The van der Waals surface area contributed by atoms with Crippen molar-refractivity contribution in [1.29, 1.82) is 0 Å². The molecule has 0 saturated carbocycles. The number of carbonyl (C=O) groups is 1. The first-order chi connectivity index (χ1) is 8.06. The number of rotatable bonds is 6. The minimum Gasteiger partial charge on any atom is -0.466 e. The van der Waals surface area contributed by atoms with Gasteiger partial charge in [-0.05, 0) is 39.3 Å². The van der Waals surface area contributed by atoms with Crippen LogP contribution >= 0.6 is 11.3 Å². The summed E-state index contributed by atoms with van der Waals surface area (Å²) < 4.78 is 4.97. The Morgan fingerprint density at radius 1 is 1.53 bits per heavy atom. The summed E-state index contributed by atoms with van der Waals surface area (Å²) in [5.74, 6) is -0.120. The maximum atomic E-state index is 11.4. The Kier molecular flexibility index (Phi) is 5.65. The van der Waals surface area contributed by atoms with E-state index < -0.39 is 0 Å². The van der Waals surface area contributed by atoms with Gasteiger partial charge in [-0.3, -0.25) is 9.69 Å². The summed E-state index contributed by atoms with van der Waals surface area (Å²) in [4.78, 5) is 15.0. The largest absolute Gasteiger partial charge is 0.466 e. The van der Waals surface area contributed by atoms with E-state index in [1.165, 1.54) is 4.88 Å². The van der Waals surface area contributed by atoms with Crippen LogP contribution in [0.2, 0.25) is 0 Å². The number of hydrogen-bond acceptors (Lipinski definition) is 4. The third kappa shape index (κ3) is 4.13. The molecule has 0 aliphatic carbocycles. The Morgan fingerprint density at radius 3 is 2.76 bits per heavy atom. The lowest BCUT2D eigenvalue weighted by atomic mass is 10.1. The molecule has 3 nitrogen and oxygen atoms in total. The highest BCUT2D eigenvalue weighted by Crippen LogP contribution is 2.25. The first kappa shape index (κ1) is 14.2. The van der Waals surface area contributed by atoms with Crippen LogP contribution in [0.15, 0.2) is 17.5 Å². The Balaban J connectivity index is 2.51. The molecule has 0 aromatic carbocycles. The quantitative estimate of drug-likeness (QED) is 0.732. The highest BCUT2D eigenvalue weighted by Gasteiger charge is 2.20. The number of hydrogen-bond donors (Lipinski definition) is 0. The summed E-state index contributed by atoms with van der Waals surface area (Å²) in [5, 5.41) is 2.08. The lowest BCUT2D eigenvalue weighted by molar-refractivity contribution is -0.144. The Hall–Kier alpha value is -0.870. The van der Waals surface area contributed by atoms with Crippen LogP contribution in [0.4, 0.5) is 0 Å². The van der Waals surface area contributed by atoms with Crippen LogP contribution in [0.1, 0.15) is 38.1 Å². The van der Waals surface area contributed by atoms with E-state index in [1.54, 1.807) is 11.3 Å². The first-order valence-electron chi connectivity index (χ1n) is 5.97. The molecule has 1 aromatic heterocycles. The zero-order valence-corrected chi connectivity index (χ0v) is 11.8. The topological polar surface area (TPSA) is 29.5 Å². The lowest BCUT2D eigenvalue weighted by Gasteiger charge is -2.29. The van der Waals surface area contributed by atoms with E-state index in [0.717, 1.165) is 0 Å². The standard InChI is InChI=1S/C13H21NO2S/c1-5-16-13(15)9-10(2)14(4)11(3)12-7-6-8-17-12/h6-8,10-11H,5,9H2,1-4H3. The summed E-state index contributed by atoms with van der Waals surface area (Å²) in [6.07, 6.45) is 0.444. The van der Waals surface area contributed by atoms with E-state index in [1.807, 2.05) is 14.0 Å². The SMILES string of the molecule is CCOC(=O)CC(C)N(C)C(C)c1cccs1. The van der Waals surface area contributed by atoms with Gasteiger partial charge in [0.15, 0.2) is 0 Å². The normalized spacial score (nSPS) is 14.6. The molecule has 0 fully saturated rings. The average Bonchev–Trinajstić information content (AvgIpc) is 2.80. The van der Waals surface area contributed by atoms with Gasteiger partial charge in [0.25, 0.3) is 0 Å². The van der Waals surface area contributed by atoms with Gasteiger partial charge in [0.05, 0.1) is 13.0 Å². The number of esters is 1. The van der Waals surface area contributed by atoms with Gasteiger partial charge >= 0.3 is 5.97 Å². The zero-order valence-electron chi connectivity index (χ0n) is 11.0. The molecule has 0 aliphatic rings. The van der Waals surface area contributed by atoms with Gasteiger partial charge in [-0.15, -0.1) is 11.3 Å². The van der Waals surface area contributed by atoms with Crippen molar-refractivity contribution in [2.24, 2.45) is 0 Å². The van der Waals surface area contributed by atoms with Gasteiger partial charge in [0.2, 0.25) is 0 Å². The van der Waals surface area contributed by atoms with Gasteiger partial charge in [-0.1, -0.05) is 6.07 Å². The van der Waals surface area contributed by atoms with Crippen molar-refractivity contribution in [3.63, 3.8) is 0 Å². The molecule has 0 N–H and O–H groups in total. The molecule has 1 heterocycles. The van der Waals surface area contributed by atoms with Crippen LogP contribution in [-0.4, -0.2) is 30.6 Å². The maximum absolute atomic E-state index is 11.4. The lowest BCUT2D eigenvalue weighted by Crippen LogP contribution is -2.33. The van der Waals surface area contributed by atoms with Gasteiger partial charge in [0, 0.05) is 17.0 Å². The van der Waals surface area contributed by atoms with Crippen molar-refractivity contribution in [2.45, 2.75) is 39.3 Å². The van der Waals surface area contributed by atoms with Crippen LogP contribution in [0.5, 0.6) is 0 Å². The van der Waals surface area contributed by atoms with E-state index in [2.05, 4.69) is 36.3 Å². The fourth-order valence-electron chi connectivity index (χ4n) is 1.72. The Morgan fingerprint density at radius 2 is 2.24 bits per heavy atom. The molecule has 0 aliphatic heterocycles. The molecule has 0 saturated heterocycles. The van der Waals surface area contributed by atoms with Crippen LogP contribution in [-0.2, 0) is 9.53 Å². The molecular weight excluding hydrogens is 234 g/mol. The third-order valence-electron chi connectivity index (χ3n) is 3.03. The third-order valence-corrected chi connectivity index (χ3v) is 4.07.